The number of nitrogens with two attached hydrogens (primary N) is 1. The van der Waals surface area contributed by atoms with Crippen LogP contribution in [0, 0.1) is 0 Å². The molecule has 1 nitrogen and oxygen atoms in total. The number of halogens is 1. The molecule has 0 fully saturated rings. The van der Waals surface area contributed by atoms with Gasteiger partial charge >= 0.3 is 0 Å². The van der Waals surface area contributed by atoms with Crippen molar-refractivity contribution < 1.29 is 0 Å². The maximum absolute atomic E-state index is 5.97. The monoisotopic (exact) mass is 183 g/mol. The summed E-state index contributed by atoms with van der Waals surface area (Å²) in [6.45, 7) is 2.01. The lowest BCUT2D eigenvalue weighted by molar-refractivity contribution is 0.666. The van der Waals surface area contributed by atoms with Crippen molar-refractivity contribution >= 4 is 11.6 Å². The van der Waals surface area contributed by atoms with Crippen LogP contribution in [0.15, 0.2) is 24.3 Å². The first-order valence-corrected chi connectivity index (χ1v) is 4.57. The van der Waals surface area contributed by atoms with E-state index in [0.717, 1.165) is 17.9 Å². The predicted molar refractivity (Wildman–Crippen MR) is 53.4 cm³/mol. The summed E-state index contributed by atoms with van der Waals surface area (Å²) in [6, 6.07) is 8.16. The minimum Gasteiger partial charge on any atom is -0.328 e. The van der Waals surface area contributed by atoms with Crippen LogP contribution >= 0.6 is 11.6 Å². The highest BCUT2D eigenvalue weighted by Gasteiger charge is 2.00. The highest BCUT2D eigenvalue weighted by Crippen LogP contribution is 2.16. The van der Waals surface area contributed by atoms with Gasteiger partial charge in [-0.1, -0.05) is 29.8 Å². The highest BCUT2D eigenvalue weighted by molar-refractivity contribution is 6.31. The molecule has 0 aliphatic carbocycles. The van der Waals surface area contributed by atoms with E-state index in [0.29, 0.717) is 0 Å². The van der Waals surface area contributed by atoms with Crippen molar-refractivity contribution in [1.82, 2.24) is 0 Å². The summed E-state index contributed by atoms with van der Waals surface area (Å²) in [4.78, 5) is 0. The molecule has 0 aliphatic rings. The van der Waals surface area contributed by atoms with Crippen molar-refractivity contribution in [2.75, 3.05) is 0 Å². The summed E-state index contributed by atoms with van der Waals surface area (Å²) >= 11 is 5.97. The molecule has 0 heterocycles. The molecule has 2 N–H and O–H groups in total. The lowest BCUT2D eigenvalue weighted by atomic mass is 10.1. The van der Waals surface area contributed by atoms with Gasteiger partial charge < -0.3 is 5.73 Å². The smallest absolute Gasteiger partial charge is 0.0437 e. The van der Waals surface area contributed by atoms with Crippen molar-refractivity contribution in [3.63, 3.8) is 0 Å². The van der Waals surface area contributed by atoms with Crippen molar-refractivity contribution in [2.24, 2.45) is 5.73 Å². The number of benzene rings is 1. The molecule has 0 aromatic heterocycles. The van der Waals surface area contributed by atoms with Crippen LogP contribution in [0.5, 0.6) is 0 Å². The van der Waals surface area contributed by atoms with Crippen molar-refractivity contribution in [2.45, 2.75) is 25.8 Å². The number of hydrogen-bond acceptors (Lipinski definition) is 1. The second-order valence-electron chi connectivity index (χ2n) is 3.11. The van der Waals surface area contributed by atoms with Gasteiger partial charge in [0.05, 0.1) is 0 Å². The molecule has 12 heavy (non-hydrogen) atoms. The van der Waals surface area contributed by atoms with Crippen molar-refractivity contribution in [3.05, 3.63) is 34.9 Å². The van der Waals surface area contributed by atoms with Gasteiger partial charge in [-0.05, 0) is 31.4 Å². The summed E-state index contributed by atoms with van der Waals surface area (Å²) in [5.74, 6) is 0. The number of rotatable bonds is 3. The number of hydrogen-bond donors (Lipinski definition) is 1. The topological polar surface area (TPSA) is 26.0 Å². The van der Waals surface area contributed by atoms with Crippen LogP contribution in [0.2, 0.25) is 5.02 Å². The standard InChI is InChI=1S/C10H14ClN/c1-8(12)6-7-9-4-2-3-5-10(9)11/h2-5,8H,6-7,12H2,1H3/t8-/m1/s1. The predicted octanol–water partition coefficient (Wildman–Crippen LogP) is 2.62. The van der Waals surface area contributed by atoms with E-state index < -0.39 is 0 Å². The van der Waals surface area contributed by atoms with Gasteiger partial charge in [-0.25, -0.2) is 0 Å². The molecule has 0 spiro atoms. The van der Waals surface area contributed by atoms with E-state index in [1.54, 1.807) is 0 Å². The van der Waals surface area contributed by atoms with Gasteiger partial charge in [0.15, 0.2) is 0 Å². The molecule has 0 aliphatic heterocycles. The zero-order valence-corrected chi connectivity index (χ0v) is 8.01. The minimum atomic E-state index is 0.251. The van der Waals surface area contributed by atoms with Gasteiger partial charge in [0.2, 0.25) is 0 Å². The van der Waals surface area contributed by atoms with Crippen LogP contribution in [-0.2, 0) is 6.42 Å². The summed E-state index contributed by atoms with van der Waals surface area (Å²) in [5, 5.41) is 0.846. The third-order valence-electron chi connectivity index (χ3n) is 1.83. The van der Waals surface area contributed by atoms with Crippen LogP contribution < -0.4 is 5.73 Å². The van der Waals surface area contributed by atoms with Gasteiger partial charge in [-0.15, -0.1) is 0 Å². The lowest BCUT2D eigenvalue weighted by Crippen LogP contribution is -2.15. The Morgan fingerprint density at radius 1 is 1.42 bits per heavy atom. The van der Waals surface area contributed by atoms with E-state index in [1.807, 2.05) is 31.2 Å². The fraction of sp³-hybridized carbons (Fsp3) is 0.400. The molecule has 1 aromatic rings. The van der Waals surface area contributed by atoms with E-state index in [4.69, 9.17) is 17.3 Å². The molecule has 0 radical (unpaired) electrons. The van der Waals surface area contributed by atoms with Crippen LogP contribution in [0.25, 0.3) is 0 Å². The quantitative estimate of drug-likeness (QED) is 0.766. The van der Waals surface area contributed by atoms with E-state index in [-0.39, 0.29) is 6.04 Å². The average Bonchev–Trinajstić information content (AvgIpc) is 2.03. The minimum absolute atomic E-state index is 0.251. The number of aryl methyl sites for hydroxylation is 1. The first kappa shape index (κ1) is 9.56. The van der Waals surface area contributed by atoms with E-state index in [9.17, 15) is 0 Å². The average molecular weight is 184 g/mol. The van der Waals surface area contributed by atoms with Gasteiger partial charge in [0, 0.05) is 11.1 Å². The second kappa shape index (κ2) is 4.48. The molecule has 1 aromatic carbocycles. The Kier molecular flexibility index (Phi) is 3.57. The Morgan fingerprint density at radius 3 is 2.67 bits per heavy atom. The fourth-order valence-electron chi connectivity index (χ4n) is 1.08. The summed E-state index contributed by atoms with van der Waals surface area (Å²) in [5.41, 5.74) is 6.84. The molecular weight excluding hydrogens is 170 g/mol. The van der Waals surface area contributed by atoms with Crippen molar-refractivity contribution in [3.8, 4) is 0 Å². The van der Waals surface area contributed by atoms with Crippen molar-refractivity contribution in [1.29, 1.82) is 0 Å². The molecular formula is C10H14ClN. The van der Waals surface area contributed by atoms with E-state index >= 15 is 0 Å². The third-order valence-corrected chi connectivity index (χ3v) is 2.20. The first-order chi connectivity index (χ1) is 5.70. The third kappa shape index (κ3) is 2.84. The second-order valence-corrected chi connectivity index (χ2v) is 3.51. The van der Waals surface area contributed by atoms with E-state index in [1.165, 1.54) is 5.56 Å². The zero-order chi connectivity index (χ0) is 8.97. The van der Waals surface area contributed by atoms with Gasteiger partial charge in [0.25, 0.3) is 0 Å². The molecule has 0 unspecified atom stereocenters. The summed E-state index contributed by atoms with van der Waals surface area (Å²) in [6.07, 6.45) is 1.96. The maximum atomic E-state index is 5.97. The van der Waals surface area contributed by atoms with Gasteiger partial charge in [-0.3, -0.25) is 0 Å². The Labute approximate surface area is 78.5 Å². The summed E-state index contributed by atoms with van der Waals surface area (Å²) in [7, 11) is 0. The van der Waals surface area contributed by atoms with Gasteiger partial charge in [-0.2, -0.15) is 0 Å². The molecule has 0 amide bonds. The molecule has 66 valence electrons. The molecule has 0 saturated heterocycles. The van der Waals surface area contributed by atoms with Crippen LogP contribution in [0.4, 0.5) is 0 Å². The lowest BCUT2D eigenvalue weighted by Gasteiger charge is -2.05. The normalized spacial score (nSPS) is 12.9. The molecule has 1 rings (SSSR count). The zero-order valence-electron chi connectivity index (χ0n) is 7.26. The van der Waals surface area contributed by atoms with Crippen LogP contribution in [-0.4, -0.2) is 6.04 Å². The first-order valence-electron chi connectivity index (χ1n) is 4.19. The van der Waals surface area contributed by atoms with Crippen LogP contribution in [0.3, 0.4) is 0 Å². The summed E-state index contributed by atoms with van der Waals surface area (Å²) < 4.78 is 0. The highest BCUT2D eigenvalue weighted by atomic mass is 35.5. The molecule has 0 saturated carbocycles. The maximum Gasteiger partial charge on any atom is 0.0437 e. The Hall–Kier alpha value is -0.530. The largest absolute Gasteiger partial charge is 0.328 e. The Bertz CT molecular complexity index is 245. The van der Waals surface area contributed by atoms with Gasteiger partial charge in [0.1, 0.15) is 0 Å². The SMILES string of the molecule is C[C@@H](N)CCc1ccccc1Cl. The molecule has 0 bridgehead atoms. The molecule has 1 atom stereocenters. The molecule has 2 heteroatoms. The Morgan fingerprint density at radius 2 is 2.08 bits per heavy atom. The van der Waals surface area contributed by atoms with Crippen LogP contribution in [0.1, 0.15) is 18.9 Å². The van der Waals surface area contributed by atoms with E-state index in [2.05, 4.69) is 0 Å². The fourth-order valence-corrected chi connectivity index (χ4v) is 1.31. The Balaban J connectivity index is 2.57.